The highest BCUT2D eigenvalue weighted by atomic mass is 35.5. The summed E-state index contributed by atoms with van der Waals surface area (Å²) in [6.07, 6.45) is 0.264. The van der Waals surface area contributed by atoms with Crippen LogP contribution in [0.1, 0.15) is 37.4 Å². The first-order valence-electron chi connectivity index (χ1n) is 9.22. The second-order valence-electron chi connectivity index (χ2n) is 6.93. The van der Waals surface area contributed by atoms with Gasteiger partial charge in [0.2, 0.25) is 5.91 Å². The zero-order chi connectivity index (χ0) is 21.2. The molecule has 0 spiro atoms. The fourth-order valence-corrected chi connectivity index (χ4v) is 3.63. The Kier molecular flexibility index (Phi) is 5.88. The summed E-state index contributed by atoms with van der Waals surface area (Å²) in [4.78, 5) is 38.9. The maximum Gasteiger partial charge on any atom is 0.325 e. The van der Waals surface area contributed by atoms with Gasteiger partial charge in [0.15, 0.2) is 0 Å². The second-order valence-corrected chi connectivity index (χ2v) is 7.37. The molecule has 0 unspecified atom stereocenters. The number of hydrogen-bond acceptors (Lipinski definition) is 3. The third kappa shape index (κ3) is 4.10. The van der Waals surface area contributed by atoms with E-state index < -0.39 is 35.7 Å². The Morgan fingerprint density at radius 1 is 1.24 bits per heavy atom. The molecule has 29 heavy (non-hydrogen) atoms. The summed E-state index contributed by atoms with van der Waals surface area (Å²) in [5.41, 5.74) is -0.0453. The molecular weight excluding hydrogens is 397 g/mol. The van der Waals surface area contributed by atoms with Gasteiger partial charge in [0.05, 0.1) is 6.04 Å². The van der Waals surface area contributed by atoms with Crippen LogP contribution in [0.5, 0.6) is 0 Å². The number of imide groups is 1. The maximum absolute atomic E-state index is 13.3. The van der Waals surface area contributed by atoms with Crippen molar-refractivity contribution < 1.29 is 18.8 Å². The molecule has 0 radical (unpaired) electrons. The lowest BCUT2D eigenvalue weighted by Gasteiger charge is -2.25. The SMILES string of the molecule is CC[C@]1(c2ccc(F)cc2)NC(=O)N(CC(=O)N[C@@H](C)c2cccc(Cl)c2)C1=O. The smallest absolute Gasteiger partial charge is 0.325 e. The van der Waals surface area contributed by atoms with Crippen LogP contribution in [0.15, 0.2) is 48.5 Å². The number of nitrogens with zero attached hydrogens (tertiary/aromatic N) is 1. The maximum atomic E-state index is 13.3. The highest BCUT2D eigenvalue weighted by Gasteiger charge is 2.51. The van der Waals surface area contributed by atoms with Crippen molar-refractivity contribution in [3.05, 3.63) is 70.5 Å². The normalized spacial score (nSPS) is 19.8. The Morgan fingerprint density at radius 2 is 1.93 bits per heavy atom. The van der Waals surface area contributed by atoms with Gasteiger partial charge in [-0.3, -0.25) is 14.5 Å². The molecule has 0 aliphatic carbocycles. The number of carbonyl (C=O) groups excluding carboxylic acids is 3. The van der Waals surface area contributed by atoms with Gasteiger partial charge in [0.1, 0.15) is 17.9 Å². The van der Waals surface area contributed by atoms with Gasteiger partial charge in [-0.15, -0.1) is 0 Å². The Hall–Kier alpha value is -2.93. The molecule has 0 saturated carbocycles. The van der Waals surface area contributed by atoms with Crippen molar-refractivity contribution in [3.8, 4) is 0 Å². The molecule has 8 heteroatoms. The van der Waals surface area contributed by atoms with Crippen LogP contribution >= 0.6 is 11.6 Å². The third-order valence-corrected chi connectivity index (χ3v) is 5.31. The number of hydrogen-bond donors (Lipinski definition) is 2. The summed E-state index contributed by atoms with van der Waals surface area (Å²) < 4.78 is 13.3. The summed E-state index contributed by atoms with van der Waals surface area (Å²) in [6, 6.07) is 11.4. The van der Waals surface area contributed by atoms with Crippen molar-refractivity contribution in [2.24, 2.45) is 0 Å². The molecule has 4 amide bonds. The molecular formula is C21H21ClFN3O3. The fraction of sp³-hybridized carbons (Fsp3) is 0.286. The predicted molar refractivity (Wildman–Crippen MR) is 107 cm³/mol. The van der Waals surface area contributed by atoms with E-state index in [0.29, 0.717) is 10.6 Å². The number of urea groups is 1. The van der Waals surface area contributed by atoms with Gasteiger partial charge in [-0.05, 0) is 48.7 Å². The van der Waals surface area contributed by atoms with Gasteiger partial charge in [-0.2, -0.15) is 0 Å². The van der Waals surface area contributed by atoms with Gasteiger partial charge < -0.3 is 10.6 Å². The summed E-state index contributed by atoms with van der Waals surface area (Å²) >= 11 is 5.97. The van der Waals surface area contributed by atoms with Crippen molar-refractivity contribution in [3.63, 3.8) is 0 Å². The number of halogens is 2. The highest BCUT2D eigenvalue weighted by molar-refractivity contribution is 6.30. The van der Waals surface area contributed by atoms with E-state index in [2.05, 4.69) is 10.6 Å². The Morgan fingerprint density at radius 3 is 2.55 bits per heavy atom. The van der Waals surface area contributed by atoms with Crippen LogP contribution in [0.3, 0.4) is 0 Å². The molecule has 1 saturated heterocycles. The minimum atomic E-state index is -1.32. The van der Waals surface area contributed by atoms with E-state index in [-0.39, 0.29) is 12.5 Å². The first-order valence-corrected chi connectivity index (χ1v) is 9.59. The zero-order valence-corrected chi connectivity index (χ0v) is 16.8. The molecule has 152 valence electrons. The lowest BCUT2D eigenvalue weighted by Crippen LogP contribution is -2.45. The summed E-state index contributed by atoms with van der Waals surface area (Å²) in [5, 5.41) is 5.98. The van der Waals surface area contributed by atoms with E-state index in [1.165, 1.54) is 24.3 Å². The molecule has 0 bridgehead atoms. The van der Waals surface area contributed by atoms with E-state index in [1.54, 1.807) is 32.0 Å². The van der Waals surface area contributed by atoms with Crippen LogP contribution in [0.2, 0.25) is 5.02 Å². The first-order chi connectivity index (χ1) is 13.8. The zero-order valence-electron chi connectivity index (χ0n) is 16.0. The predicted octanol–water partition coefficient (Wildman–Crippen LogP) is 3.51. The topological polar surface area (TPSA) is 78.5 Å². The van der Waals surface area contributed by atoms with Gasteiger partial charge in [0.25, 0.3) is 5.91 Å². The van der Waals surface area contributed by atoms with Crippen LogP contribution < -0.4 is 10.6 Å². The van der Waals surface area contributed by atoms with Crippen molar-refractivity contribution >= 4 is 29.4 Å². The number of carbonyl (C=O) groups is 3. The van der Waals surface area contributed by atoms with Gasteiger partial charge in [0, 0.05) is 5.02 Å². The van der Waals surface area contributed by atoms with E-state index >= 15 is 0 Å². The molecule has 1 fully saturated rings. The molecule has 1 aliphatic heterocycles. The molecule has 3 rings (SSSR count). The number of rotatable bonds is 6. The molecule has 1 aliphatic rings. The van der Waals surface area contributed by atoms with Crippen molar-refractivity contribution in [2.75, 3.05) is 6.54 Å². The molecule has 2 N–H and O–H groups in total. The average molecular weight is 418 g/mol. The van der Waals surface area contributed by atoms with Crippen LogP contribution in [-0.2, 0) is 15.1 Å². The Balaban J connectivity index is 1.74. The lowest BCUT2D eigenvalue weighted by molar-refractivity contribution is -0.135. The minimum absolute atomic E-state index is 0.264. The van der Waals surface area contributed by atoms with Crippen LogP contribution in [0.4, 0.5) is 9.18 Å². The standard InChI is InChI=1S/C21H21ClFN3O3/c1-3-21(15-7-9-17(23)10-8-15)19(28)26(20(29)25-21)12-18(27)24-13(2)14-5-4-6-16(22)11-14/h4-11,13H,3,12H2,1-2H3,(H,24,27)(H,25,29)/t13-,21+/m0/s1. The largest absolute Gasteiger partial charge is 0.348 e. The van der Waals surface area contributed by atoms with E-state index in [1.807, 2.05) is 6.07 Å². The van der Waals surface area contributed by atoms with E-state index in [0.717, 1.165) is 10.5 Å². The van der Waals surface area contributed by atoms with Gasteiger partial charge in [-0.25, -0.2) is 9.18 Å². The monoisotopic (exact) mass is 417 g/mol. The van der Waals surface area contributed by atoms with Gasteiger partial charge >= 0.3 is 6.03 Å². The van der Waals surface area contributed by atoms with Crippen molar-refractivity contribution in [1.29, 1.82) is 0 Å². The molecule has 2 aromatic carbocycles. The number of amides is 4. The number of benzene rings is 2. The third-order valence-electron chi connectivity index (χ3n) is 5.07. The lowest BCUT2D eigenvalue weighted by atomic mass is 9.87. The molecule has 2 atom stereocenters. The van der Waals surface area contributed by atoms with Crippen LogP contribution in [-0.4, -0.2) is 29.3 Å². The Labute approximate surface area is 173 Å². The van der Waals surface area contributed by atoms with E-state index in [4.69, 9.17) is 11.6 Å². The molecule has 0 aromatic heterocycles. The van der Waals surface area contributed by atoms with Gasteiger partial charge in [-0.1, -0.05) is 42.8 Å². The van der Waals surface area contributed by atoms with Crippen LogP contribution in [0, 0.1) is 5.82 Å². The average Bonchev–Trinajstić information content (AvgIpc) is 2.93. The molecule has 6 nitrogen and oxygen atoms in total. The second kappa shape index (κ2) is 8.21. The molecule has 2 aromatic rings. The highest BCUT2D eigenvalue weighted by Crippen LogP contribution is 2.32. The van der Waals surface area contributed by atoms with Crippen LogP contribution in [0.25, 0.3) is 0 Å². The summed E-state index contributed by atoms with van der Waals surface area (Å²) in [5.74, 6) is -1.46. The van der Waals surface area contributed by atoms with E-state index in [9.17, 15) is 18.8 Å². The summed E-state index contributed by atoms with van der Waals surface area (Å²) in [7, 11) is 0. The van der Waals surface area contributed by atoms with Crippen molar-refractivity contribution in [1.82, 2.24) is 15.5 Å². The fourth-order valence-electron chi connectivity index (χ4n) is 3.43. The quantitative estimate of drug-likeness (QED) is 0.706. The number of nitrogens with one attached hydrogen (secondary N) is 2. The summed E-state index contributed by atoms with van der Waals surface area (Å²) in [6.45, 7) is 3.11. The Bertz CT molecular complexity index is 950. The molecule has 1 heterocycles. The minimum Gasteiger partial charge on any atom is -0.348 e. The first kappa shape index (κ1) is 20.8. The van der Waals surface area contributed by atoms with Crippen molar-refractivity contribution in [2.45, 2.75) is 31.8 Å².